The molecule has 0 radical (unpaired) electrons. The molecule has 76 valence electrons. The molecule has 0 aliphatic heterocycles. The fourth-order valence-corrected chi connectivity index (χ4v) is 2.32. The molecular formula is C12H17NO. The maximum atomic E-state index is 9.14. The lowest BCUT2D eigenvalue weighted by Gasteiger charge is -2.11. The predicted molar refractivity (Wildman–Crippen MR) is 57.0 cm³/mol. The first kappa shape index (κ1) is 9.69. The normalized spacial score (nSPS) is 22.1. The van der Waals surface area contributed by atoms with E-state index in [1.165, 1.54) is 16.7 Å². The number of fused-ring (bicyclic) bond motifs is 1. The lowest BCUT2D eigenvalue weighted by molar-refractivity contribution is 0.232. The van der Waals surface area contributed by atoms with Crippen LogP contribution in [0.4, 0.5) is 0 Å². The number of hydrogen-bond donors (Lipinski definition) is 2. The van der Waals surface area contributed by atoms with Gasteiger partial charge in [-0.25, -0.2) is 0 Å². The molecule has 3 N–H and O–H groups in total. The summed E-state index contributed by atoms with van der Waals surface area (Å²) in [6.45, 7) is 2.30. The molecule has 0 spiro atoms. The zero-order chi connectivity index (χ0) is 10.1. The van der Waals surface area contributed by atoms with Crippen LogP contribution in [-0.4, -0.2) is 11.7 Å². The Balaban J connectivity index is 2.36. The second kappa shape index (κ2) is 3.71. The van der Waals surface area contributed by atoms with E-state index in [-0.39, 0.29) is 12.6 Å². The molecule has 0 saturated carbocycles. The number of rotatable bonds is 2. The van der Waals surface area contributed by atoms with E-state index in [9.17, 15) is 0 Å². The third-order valence-corrected chi connectivity index (χ3v) is 3.06. The molecule has 2 rings (SSSR count). The first-order valence-electron chi connectivity index (χ1n) is 5.19. The lowest BCUT2D eigenvalue weighted by atomic mass is 9.98. The van der Waals surface area contributed by atoms with E-state index < -0.39 is 0 Å². The lowest BCUT2D eigenvalue weighted by Crippen LogP contribution is -2.09. The van der Waals surface area contributed by atoms with Crippen LogP contribution in [0.5, 0.6) is 0 Å². The van der Waals surface area contributed by atoms with Gasteiger partial charge in [0, 0.05) is 12.6 Å². The van der Waals surface area contributed by atoms with Gasteiger partial charge in [-0.2, -0.15) is 0 Å². The molecule has 0 saturated heterocycles. The minimum Gasteiger partial charge on any atom is -0.396 e. The topological polar surface area (TPSA) is 46.2 Å². The summed E-state index contributed by atoms with van der Waals surface area (Å²) in [6.07, 6.45) is 2.00. The summed E-state index contributed by atoms with van der Waals surface area (Å²) in [7, 11) is 0. The smallest absolute Gasteiger partial charge is 0.0465 e. The van der Waals surface area contributed by atoms with Crippen molar-refractivity contribution in [1.82, 2.24) is 0 Å². The van der Waals surface area contributed by atoms with E-state index in [2.05, 4.69) is 18.2 Å². The quantitative estimate of drug-likeness (QED) is 0.742. The van der Waals surface area contributed by atoms with Crippen LogP contribution in [0.15, 0.2) is 18.2 Å². The molecule has 2 atom stereocenters. The van der Waals surface area contributed by atoms with E-state index in [0.717, 1.165) is 12.8 Å². The molecule has 0 aromatic heterocycles. The first-order valence-corrected chi connectivity index (χ1v) is 5.19. The van der Waals surface area contributed by atoms with E-state index in [1.54, 1.807) is 0 Å². The van der Waals surface area contributed by atoms with Gasteiger partial charge in [-0.15, -0.1) is 0 Å². The molecule has 2 nitrogen and oxygen atoms in total. The molecule has 1 aromatic carbocycles. The SMILES string of the molecule is C[C@@H](N)c1cccc2c1CC(CO)C2. The van der Waals surface area contributed by atoms with Crippen molar-refractivity contribution in [2.24, 2.45) is 11.7 Å². The Morgan fingerprint density at radius 2 is 2.29 bits per heavy atom. The highest BCUT2D eigenvalue weighted by atomic mass is 16.3. The van der Waals surface area contributed by atoms with Crippen LogP contribution in [0.1, 0.15) is 29.7 Å². The van der Waals surface area contributed by atoms with Gasteiger partial charge >= 0.3 is 0 Å². The van der Waals surface area contributed by atoms with Crippen LogP contribution in [-0.2, 0) is 12.8 Å². The van der Waals surface area contributed by atoms with E-state index in [0.29, 0.717) is 5.92 Å². The van der Waals surface area contributed by atoms with Crippen molar-refractivity contribution in [2.45, 2.75) is 25.8 Å². The summed E-state index contributed by atoms with van der Waals surface area (Å²) in [5.74, 6) is 0.407. The van der Waals surface area contributed by atoms with Gasteiger partial charge in [0.15, 0.2) is 0 Å². The summed E-state index contributed by atoms with van der Waals surface area (Å²) in [4.78, 5) is 0. The molecule has 0 amide bonds. The summed E-state index contributed by atoms with van der Waals surface area (Å²) in [6, 6.07) is 6.42. The van der Waals surface area contributed by atoms with E-state index >= 15 is 0 Å². The minimum atomic E-state index is 0.0994. The Morgan fingerprint density at radius 3 is 2.93 bits per heavy atom. The fourth-order valence-electron chi connectivity index (χ4n) is 2.32. The van der Waals surface area contributed by atoms with Crippen molar-refractivity contribution in [3.8, 4) is 0 Å². The van der Waals surface area contributed by atoms with Crippen molar-refractivity contribution in [3.63, 3.8) is 0 Å². The summed E-state index contributed by atoms with van der Waals surface area (Å²) in [5.41, 5.74) is 9.91. The first-order chi connectivity index (χ1) is 6.72. The van der Waals surface area contributed by atoms with Crippen LogP contribution < -0.4 is 5.73 Å². The highest BCUT2D eigenvalue weighted by molar-refractivity contribution is 5.40. The van der Waals surface area contributed by atoms with Gasteiger partial charge < -0.3 is 10.8 Å². The van der Waals surface area contributed by atoms with Crippen molar-refractivity contribution in [1.29, 1.82) is 0 Å². The van der Waals surface area contributed by atoms with Crippen LogP contribution in [0.2, 0.25) is 0 Å². The monoisotopic (exact) mass is 191 g/mol. The number of aliphatic hydroxyl groups excluding tert-OH is 1. The Bertz CT molecular complexity index is 333. The summed E-state index contributed by atoms with van der Waals surface area (Å²) >= 11 is 0. The van der Waals surface area contributed by atoms with Crippen LogP contribution in [0, 0.1) is 5.92 Å². The second-order valence-corrected chi connectivity index (χ2v) is 4.23. The predicted octanol–water partition coefficient (Wildman–Crippen LogP) is 1.41. The average Bonchev–Trinajstić information content (AvgIpc) is 2.59. The van der Waals surface area contributed by atoms with Gasteiger partial charge in [-0.1, -0.05) is 18.2 Å². The Hall–Kier alpha value is -0.860. The molecule has 0 fully saturated rings. The Kier molecular flexibility index (Phi) is 2.57. The highest BCUT2D eigenvalue weighted by Crippen LogP contribution is 2.31. The van der Waals surface area contributed by atoms with Crippen LogP contribution in [0.3, 0.4) is 0 Å². The van der Waals surface area contributed by atoms with Crippen LogP contribution >= 0.6 is 0 Å². The average molecular weight is 191 g/mol. The third-order valence-electron chi connectivity index (χ3n) is 3.06. The molecule has 14 heavy (non-hydrogen) atoms. The van der Waals surface area contributed by atoms with Gasteiger partial charge in [0.1, 0.15) is 0 Å². The van der Waals surface area contributed by atoms with Crippen molar-refractivity contribution in [3.05, 3.63) is 34.9 Å². The van der Waals surface area contributed by atoms with Gasteiger partial charge in [0.25, 0.3) is 0 Å². The number of benzene rings is 1. The van der Waals surface area contributed by atoms with E-state index in [4.69, 9.17) is 10.8 Å². The molecular weight excluding hydrogens is 174 g/mol. The Morgan fingerprint density at radius 1 is 1.50 bits per heavy atom. The third kappa shape index (κ3) is 1.56. The highest BCUT2D eigenvalue weighted by Gasteiger charge is 2.23. The maximum Gasteiger partial charge on any atom is 0.0465 e. The zero-order valence-electron chi connectivity index (χ0n) is 8.53. The summed E-state index contributed by atoms with van der Waals surface area (Å²) in [5, 5.41) is 9.14. The fraction of sp³-hybridized carbons (Fsp3) is 0.500. The zero-order valence-corrected chi connectivity index (χ0v) is 8.53. The van der Waals surface area contributed by atoms with Gasteiger partial charge in [-0.05, 0) is 42.4 Å². The Labute approximate surface area is 84.7 Å². The molecule has 0 bridgehead atoms. The number of hydrogen-bond acceptors (Lipinski definition) is 2. The van der Waals surface area contributed by atoms with Gasteiger partial charge in [-0.3, -0.25) is 0 Å². The molecule has 0 heterocycles. The largest absolute Gasteiger partial charge is 0.396 e. The van der Waals surface area contributed by atoms with Crippen molar-refractivity contribution < 1.29 is 5.11 Å². The van der Waals surface area contributed by atoms with Gasteiger partial charge in [0.2, 0.25) is 0 Å². The molecule has 1 unspecified atom stereocenters. The minimum absolute atomic E-state index is 0.0994. The molecule has 1 aliphatic rings. The summed E-state index contributed by atoms with van der Waals surface area (Å²) < 4.78 is 0. The van der Waals surface area contributed by atoms with Crippen molar-refractivity contribution in [2.75, 3.05) is 6.61 Å². The van der Waals surface area contributed by atoms with Gasteiger partial charge in [0.05, 0.1) is 0 Å². The molecule has 1 aliphatic carbocycles. The van der Waals surface area contributed by atoms with Crippen LogP contribution in [0.25, 0.3) is 0 Å². The van der Waals surface area contributed by atoms with Crippen molar-refractivity contribution >= 4 is 0 Å². The standard InChI is InChI=1S/C12H17NO/c1-8(13)11-4-2-3-10-5-9(7-14)6-12(10)11/h2-4,8-9,14H,5-7,13H2,1H3/t8-,9?/m1/s1. The maximum absolute atomic E-state index is 9.14. The number of nitrogens with two attached hydrogens (primary N) is 1. The second-order valence-electron chi connectivity index (χ2n) is 4.23. The van der Waals surface area contributed by atoms with E-state index in [1.807, 2.05) is 6.92 Å². The molecule has 1 aromatic rings. The molecule has 2 heteroatoms. The number of aliphatic hydroxyl groups is 1.